The number of nitrogens with two attached hydrogens (primary N) is 1. The van der Waals surface area contributed by atoms with Crippen molar-refractivity contribution in [3.05, 3.63) is 18.2 Å². The molecule has 0 aromatic carbocycles. The summed E-state index contributed by atoms with van der Waals surface area (Å²) in [5.74, 6) is 1.23. The van der Waals surface area contributed by atoms with Crippen LogP contribution in [0.2, 0.25) is 0 Å². The van der Waals surface area contributed by atoms with Crippen LogP contribution >= 0.6 is 0 Å². The Kier molecular flexibility index (Phi) is 4.34. The lowest BCUT2D eigenvalue weighted by molar-refractivity contribution is 0.0671. The van der Waals surface area contributed by atoms with Crippen LogP contribution in [0.3, 0.4) is 0 Å². The summed E-state index contributed by atoms with van der Waals surface area (Å²) in [5.41, 5.74) is 5.90. The number of aromatic nitrogens is 2. The summed E-state index contributed by atoms with van der Waals surface area (Å²) in [6, 6.07) is 0. The SMILES string of the molecule is CC1CCCN(C(N)=NCc2nccn2C(F)F)C1. The van der Waals surface area contributed by atoms with E-state index in [1.807, 2.05) is 4.90 Å². The molecular weight excluding hydrogens is 252 g/mol. The molecule has 1 aromatic rings. The Labute approximate surface area is 111 Å². The molecule has 2 rings (SSSR count). The van der Waals surface area contributed by atoms with E-state index in [9.17, 15) is 8.78 Å². The number of imidazole rings is 1. The van der Waals surface area contributed by atoms with Crippen LogP contribution in [0.5, 0.6) is 0 Å². The Morgan fingerprint density at radius 1 is 1.63 bits per heavy atom. The fourth-order valence-electron chi connectivity index (χ4n) is 2.29. The van der Waals surface area contributed by atoms with Gasteiger partial charge in [-0.1, -0.05) is 6.92 Å². The van der Waals surface area contributed by atoms with Gasteiger partial charge in [0.1, 0.15) is 12.4 Å². The van der Waals surface area contributed by atoms with Crippen molar-refractivity contribution in [2.75, 3.05) is 13.1 Å². The molecule has 19 heavy (non-hydrogen) atoms. The summed E-state index contributed by atoms with van der Waals surface area (Å²) in [5, 5.41) is 0. The Morgan fingerprint density at radius 2 is 2.42 bits per heavy atom. The summed E-state index contributed by atoms with van der Waals surface area (Å²) in [6.07, 6.45) is 4.87. The third kappa shape index (κ3) is 3.42. The normalized spacial score (nSPS) is 21.2. The van der Waals surface area contributed by atoms with Gasteiger partial charge in [-0.3, -0.25) is 4.57 Å². The number of halogens is 2. The van der Waals surface area contributed by atoms with E-state index >= 15 is 0 Å². The highest BCUT2D eigenvalue weighted by atomic mass is 19.3. The fraction of sp³-hybridized carbons (Fsp3) is 0.667. The molecule has 1 unspecified atom stereocenters. The van der Waals surface area contributed by atoms with Gasteiger partial charge in [0.2, 0.25) is 0 Å². The molecule has 1 saturated heterocycles. The molecule has 2 heterocycles. The van der Waals surface area contributed by atoms with Gasteiger partial charge in [-0.05, 0) is 18.8 Å². The van der Waals surface area contributed by atoms with Gasteiger partial charge in [0.05, 0.1) is 0 Å². The highest BCUT2D eigenvalue weighted by molar-refractivity contribution is 5.78. The van der Waals surface area contributed by atoms with E-state index in [1.165, 1.54) is 18.8 Å². The number of piperidine rings is 1. The van der Waals surface area contributed by atoms with Crippen LogP contribution in [0.15, 0.2) is 17.4 Å². The maximum absolute atomic E-state index is 12.6. The number of aliphatic imine (C=N–C) groups is 1. The lowest BCUT2D eigenvalue weighted by Crippen LogP contribution is -2.43. The topological polar surface area (TPSA) is 59.4 Å². The highest BCUT2D eigenvalue weighted by Gasteiger charge is 2.18. The van der Waals surface area contributed by atoms with E-state index in [0.29, 0.717) is 11.9 Å². The Bertz CT molecular complexity index is 443. The van der Waals surface area contributed by atoms with Crippen LogP contribution < -0.4 is 5.73 Å². The van der Waals surface area contributed by atoms with Gasteiger partial charge in [0.25, 0.3) is 0 Å². The average molecular weight is 271 g/mol. The zero-order chi connectivity index (χ0) is 13.8. The molecule has 5 nitrogen and oxygen atoms in total. The minimum Gasteiger partial charge on any atom is -0.370 e. The second kappa shape index (κ2) is 5.99. The fourth-order valence-corrected chi connectivity index (χ4v) is 2.29. The van der Waals surface area contributed by atoms with Crippen molar-refractivity contribution in [3.63, 3.8) is 0 Å². The lowest BCUT2D eigenvalue weighted by Gasteiger charge is -2.31. The largest absolute Gasteiger partial charge is 0.370 e. The molecule has 0 radical (unpaired) electrons. The second-order valence-electron chi connectivity index (χ2n) is 4.90. The molecule has 0 bridgehead atoms. The minimum atomic E-state index is -2.59. The third-order valence-electron chi connectivity index (χ3n) is 3.32. The van der Waals surface area contributed by atoms with Crippen LogP contribution in [0.1, 0.15) is 32.1 Å². The minimum absolute atomic E-state index is 0.0774. The van der Waals surface area contributed by atoms with Crippen LogP contribution in [0.4, 0.5) is 8.78 Å². The van der Waals surface area contributed by atoms with Gasteiger partial charge in [-0.2, -0.15) is 8.78 Å². The summed E-state index contributed by atoms with van der Waals surface area (Å²) in [4.78, 5) is 10.0. The maximum atomic E-state index is 12.6. The molecule has 1 aliphatic heterocycles. The van der Waals surface area contributed by atoms with E-state index in [1.54, 1.807) is 0 Å². The molecule has 0 spiro atoms. The van der Waals surface area contributed by atoms with Gasteiger partial charge in [0.15, 0.2) is 5.96 Å². The molecule has 1 aromatic heterocycles. The Hall–Kier alpha value is -1.66. The molecule has 1 atom stereocenters. The number of alkyl halides is 2. The number of hydrogen-bond donors (Lipinski definition) is 1. The van der Waals surface area contributed by atoms with E-state index in [-0.39, 0.29) is 12.4 Å². The first kappa shape index (κ1) is 13.8. The zero-order valence-electron chi connectivity index (χ0n) is 11.0. The molecular formula is C12H19F2N5. The molecule has 106 valence electrons. The number of rotatable bonds is 3. The van der Waals surface area contributed by atoms with Gasteiger partial charge >= 0.3 is 6.55 Å². The van der Waals surface area contributed by atoms with Crippen LogP contribution in [0.25, 0.3) is 0 Å². The molecule has 7 heteroatoms. The molecule has 1 aliphatic rings. The van der Waals surface area contributed by atoms with Crippen molar-refractivity contribution >= 4 is 5.96 Å². The number of guanidine groups is 1. The van der Waals surface area contributed by atoms with Crippen LogP contribution in [0, 0.1) is 5.92 Å². The van der Waals surface area contributed by atoms with E-state index in [2.05, 4.69) is 16.9 Å². The number of hydrogen-bond acceptors (Lipinski definition) is 2. The van der Waals surface area contributed by atoms with Gasteiger partial charge < -0.3 is 10.6 Å². The van der Waals surface area contributed by atoms with Crippen molar-refractivity contribution in [2.45, 2.75) is 32.9 Å². The van der Waals surface area contributed by atoms with E-state index < -0.39 is 6.55 Å². The van der Waals surface area contributed by atoms with Crippen LogP contribution in [-0.4, -0.2) is 33.5 Å². The van der Waals surface area contributed by atoms with Crippen molar-refractivity contribution < 1.29 is 8.78 Å². The van der Waals surface area contributed by atoms with Crippen molar-refractivity contribution in [2.24, 2.45) is 16.6 Å². The maximum Gasteiger partial charge on any atom is 0.319 e. The first-order valence-electron chi connectivity index (χ1n) is 6.42. The molecule has 0 amide bonds. The van der Waals surface area contributed by atoms with E-state index in [0.717, 1.165) is 24.1 Å². The predicted octanol–water partition coefficient (Wildman–Crippen LogP) is 1.82. The third-order valence-corrected chi connectivity index (χ3v) is 3.32. The summed E-state index contributed by atoms with van der Waals surface area (Å²) in [7, 11) is 0. The van der Waals surface area contributed by atoms with Crippen molar-refractivity contribution in [1.29, 1.82) is 0 Å². The first-order valence-corrected chi connectivity index (χ1v) is 6.42. The van der Waals surface area contributed by atoms with Crippen LogP contribution in [-0.2, 0) is 6.54 Å². The lowest BCUT2D eigenvalue weighted by atomic mass is 10.0. The molecule has 0 saturated carbocycles. The zero-order valence-corrected chi connectivity index (χ0v) is 11.0. The second-order valence-corrected chi connectivity index (χ2v) is 4.90. The number of likely N-dealkylation sites (tertiary alicyclic amines) is 1. The summed E-state index contributed by atoms with van der Waals surface area (Å²) >= 11 is 0. The number of nitrogens with zero attached hydrogens (tertiary/aromatic N) is 4. The predicted molar refractivity (Wildman–Crippen MR) is 68.8 cm³/mol. The molecule has 1 fully saturated rings. The molecule has 0 aliphatic carbocycles. The van der Waals surface area contributed by atoms with Gasteiger partial charge in [0, 0.05) is 25.5 Å². The van der Waals surface area contributed by atoms with Crippen molar-refractivity contribution in [3.8, 4) is 0 Å². The Balaban J connectivity index is 1.99. The van der Waals surface area contributed by atoms with Crippen molar-refractivity contribution in [1.82, 2.24) is 14.5 Å². The van der Waals surface area contributed by atoms with E-state index in [4.69, 9.17) is 5.73 Å². The van der Waals surface area contributed by atoms with Gasteiger partial charge in [-0.15, -0.1) is 0 Å². The summed E-state index contributed by atoms with van der Waals surface area (Å²) < 4.78 is 26.0. The molecule has 2 N–H and O–H groups in total. The smallest absolute Gasteiger partial charge is 0.319 e. The monoisotopic (exact) mass is 271 g/mol. The van der Waals surface area contributed by atoms with Gasteiger partial charge in [-0.25, -0.2) is 9.98 Å². The quantitative estimate of drug-likeness (QED) is 0.674. The highest BCUT2D eigenvalue weighted by Crippen LogP contribution is 2.16. The average Bonchev–Trinajstić information content (AvgIpc) is 2.84. The first-order chi connectivity index (χ1) is 9.08. The Morgan fingerprint density at radius 3 is 3.11 bits per heavy atom. The standard InChI is InChI=1S/C12H19F2N5/c1-9-3-2-5-18(8-9)12(15)17-7-10-16-4-6-19(10)11(13)14/h4,6,9,11H,2-3,5,7-8H2,1H3,(H2,15,17). The summed E-state index contributed by atoms with van der Waals surface area (Å²) in [6.45, 7) is 1.41.